The van der Waals surface area contributed by atoms with E-state index < -0.39 is 0 Å². The van der Waals surface area contributed by atoms with Gasteiger partial charge in [0.1, 0.15) is 0 Å². The van der Waals surface area contributed by atoms with Gasteiger partial charge in [0.25, 0.3) is 0 Å². The Hall–Kier alpha value is -0.900. The van der Waals surface area contributed by atoms with Crippen molar-refractivity contribution in [3.8, 4) is 0 Å². The zero-order valence-electron chi connectivity index (χ0n) is 13.6. The molecule has 3 nitrogen and oxygen atoms in total. The highest BCUT2D eigenvalue weighted by Gasteiger charge is 2.14. The van der Waals surface area contributed by atoms with Crippen molar-refractivity contribution in [1.29, 1.82) is 0 Å². The van der Waals surface area contributed by atoms with Crippen molar-refractivity contribution < 1.29 is 9.47 Å². The third-order valence-corrected chi connectivity index (χ3v) is 4.04. The monoisotopic (exact) mass is 291 g/mol. The maximum atomic E-state index is 5.96. The van der Waals surface area contributed by atoms with Crippen LogP contribution < -0.4 is 5.32 Å². The highest BCUT2D eigenvalue weighted by molar-refractivity contribution is 5.25. The van der Waals surface area contributed by atoms with Crippen LogP contribution in [0.3, 0.4) is 0 Å². The first-order chi connectivity index (χ1) is 10.1. The molecule has 1 aromatic carbocycles. The fraction of sp³-hybridized carbons (Fsp3) is 0.667. The van der Waals surface area contributed by atoms with Crippen molar-refractivity contribution in [2.75, 3.05) is 19.8 Å². The summed E-state index contributed by atoms with van der Waals surface area (Å²) >= 11 is 0. The molecular weight excluding hydrogens is 262 g/mol. The molecule has 0 aromatic heterocycles. The average Bonchev–Trinajstić information content (AvgIpc) is 2.52. The molecule has 1 atom stereocenters. The normalized spacial score (nSPS) is 18.1. The van der Waals surface area contributed by atoms with Gasteiger partial charge in [0, 0.05) is 25.8 Å². The molecule has 1 heterocycles. The van der Waals surface area contributed by atoms with Gasteiger partial charge in [0.2, 0.25) is 0 Å². The van der Waals surface area contributed by atoms with Crippen LogP contribution in [-0.2, 0) is 16.1 Å². The Morgan fingerprint density at radius 3 is 2.43 bits per heavy atom. The Morgan fingerprint density at radius 1 is 1.14 bits per heavy atom. The Morgan fingerprint density at radius 2 is 1.81 bits per heavy atom. The molecule has 1 unspecified atom stereocenters. The SMILES string of the molecule is CC(C)NCC(C)c1ccc(COC2CCOCC2)cc1. The standard InChI is InChI=1S/C18H29NO2/c1-14(2)19-12-15(3)17-6-4-16(5-7-17)13-21-18-8-10-20-11-9-18/h4-7,14-15,18-19H,8-13H2,1-3H3. The van der Waals surface area contributed by atoms with Gasteiger partial charge < -0.3 is 14.8 Å². The molecule has 0 aliphatic carbocycles. The number of hydrogen-bond donors (Lipinski definition) is 1. The summed E-state index contributed by atoms with van der Waals surface area (Å²) in [6, 6.07) is 9.39. The van der Waals surface area contributed by atoms with Gasteiger partial charge in [-0.05, 0) is 29.9 Å². The first-order valence-corrected chi connectivity index (χ1v) is 8.16. The summed E-state index contributed by atoms with van der Waals surface area (Å²) in [5.74, 6) is 0.540. The maximum Gasteiger partial charge on any atom is 0.0720 e. The van der Waals surface area contributed by atoms with Crippen molar-refractivity contribution in [1.82, 2.24) is 5.32 Å². The van der Waals surface area contributed by atoms with Crippen molar-refractivity contribution >= 4 is 0 Å². The first kappa shape index (κ1) is 16.5. The highest BCUT2D eigenvalue weighted by atomic mass is 16.5. The molecule has 2 rings (SSSR count). The minimum Gasteiger partial charge on any atom is -0.381 e. The van der Waals surface area contributed by atoms with Crippen molar-refractivity contribution in [2.45, 2.75) is 58.3 Å². The second kappa shape index (κ2) is 8.52. The van der Waals surface area contributed by atoms with Gasteiger partial charge in [-0.25, -0.2) is 0 Å². The largest absolute Gasteiger partial charge is 0.381 e. The van der Waals surface area contributed by atoms with Crippen LogP contribution in [0.1, 0.15) is 50.7 Å². The van der Waals surface area contributed by atoms with E-state index >= 15 is 0 Å². The summed E-state index contributed by atoms with van der Waals surface area (Å²) in [5, 5.41) is 3.49. The smallest absolute Gasteiger partial charge is 0.0720 e. The van der Waals surface area contributed by atoms with E-state index in [9.17, 15) is 0 Å². The Bertz CT molecular complexity index is 396. The lowest BCUT2D eigenvalue weighted by Gasteiger charge is -2.22. The number of hydrogen-bond acceptors (Lipinski definition) is 3. The zero-order valence-corrected chi connectivity index (χ0v) is 13.6. The van der Waals surface area contributed by atoms with Crippen molar-refractivity contribution in [3.63, 3.8) is 0 Å². The van der Waals surface area contributed by atoms with Crippen LogP contribution in [-0.4, -0.2) is 31.9 Å². The van der Waals surface area contributed by atoms with E-state index in [0.717, 1.165) is 32.6 Å². The van der Waals surface area contributed by atoms with Crippen molar-refractivity contribution in [3.05, 3.63) is 35.4 Å². The molecule has 1 aromatic rings. The summed E-state index contributed by atoms with van der Waals surface area (Å²) < 4.78 is 11.3. The average molecular weight is 291 g/mol. The maximum absolute atomic E-state index is 5.96. The second-order valence-electron chi connectivity index (χ2n) is 6.33. The van der Waals surface area contributed by atoms with Gasteiger partial charge in [-0.15, -0.1) is 0 Å². The van der Waals surface area contributed by atoms with Crippen LogP contribution >= 0.6 is 0 Å². The van der Waals surface area contributed by atoms with E-state index in [1.165, 1.54) is 11.1 Å². The van der Waals surface area contributed by atoms with Crippen molar-refractivity contribution in [2.24, 2.45) is 0 Å². The Balaban J connectivity index is 1.78. The molecule has 0 spiro atoms. The Kier molecular flexibility index (Phi) is 6.68. The number of rotatable bonds is 7. The molecule has 118 valence electrons. The third-order valence-electron chi connectivity index (χ3n) is 4.04. The lowest BCUT2D eigenvalue weighted by Crippen LogP contribution is -2.26. The van der Waals surface area contributed by atoms with E-state index in [1.807, 2.05) is 0 Å². The topological polar surface area (TPSA) is 30.5 Å². The van der Waals surface area contributed by atoms with Gasteiger partial charge in [0.05, 0.1) is 12.7 Å². The fourth-order valence-corrected chi connectivity index (χ4v) is 2.53. The van der Waals surface area contributed by atoms with E-state index in [2.05, 4.69) is 50.4 Å². The summed E-state index contributed by atoms with van der Waals surface area (Å²) in [6.45, 7) is 10.0. The quantitative estimate of drug-likeness (QED) is 0.834. The van der Waals surface area contributed by atoms with E-state index in [0.29, 0.717) is 24.7 Å². The molecule has 1 saturated heterocycles. The molecule has 1 N–H and O–H groups in total. The summed E-state index contributed by atoms with van der Waals surface area (Å²) in [4.78, 5) is 0. The molecule has 0 bridgehead atoms. The molecule has 1 aliphatic rings. The van der Waals surface area contributed by atoms with Crippen LogP contribution in [0.15, 0.2) is 24.3 Å². The van der Waals surface area contributed by atoms with Crippen LogP contribution in [0.2, 0.25) is 0 Å². The molecule has 0 saturated carbocycles. The van der Waals surface area contributed by atoms with Gasteiger partial charge in [-0.1, -0.05) is 45.0 Å². The van der Waals surface area contributed by atoms with Gasteiger partial charge in [0.15, 0.2) is 0 Å². The molecule has 0 radical (unpaired) electrons. The van der Waals surface area contributed by atoms with E-state index in [-0.39, 0.29) is 0 Å². The molecule has 21 heavy (non-hydrogen) atoms. The molecule has 3 heteroatoms. The fourth-order valence-electron chi connectivity index (χ4n) is 2.53. The minimum absolute atomic E-state index is 0.368. The van der Waals surface area contributed by atoms with Crippen LogP contribution in [0.5, 0.6) is 0 Å². The van der Waals surface area contributed by atoms with Gasteiger partial charge in [-0.2, -0.15) is 0 Å². The zero-order chi connectivity index (χ0) is 15.1. The molecule has 1 aliphatic heterocycles. The van der Waals surface area contributed by atoms with Gasteiger partial charge in [-0.3, -0.25) is 0 Å². The third kappa shape index (κ3) is 5.77. The molecule has 1 fully saturated rings. The lowest BCUT2D eigenvalue weighted by atomic mass is 9.99. The summed E-state index contributed by atoms with van der Waals surface area (Å²) in [5.41, 5.74) is 2.65. The summed E-state index contributed by atoms with van der Waals surface area (Å²) in [7, 11) is 0. The summed E-state index contributed by atoms with van der Waals surface area (Å²) in [6.07, 6.45) is 2.42. The molecule has 0 amide bonds. The van der Waals surface area contributed by atoms with Gasteiger partial charge >= 0.3 is 0 Å². The first-order valence-electron chi connectivity index (χ1n) is 8.16. The lowest BCUT2D eigenvalue weighted by molar-refractivity contribution is -0.0390. The highest BCUT2D eigenvalue weighted by Crippen LogP contribution is 2.17. The Labute approximate surface area is 129 Å². The number of nitrogens with one attached hydrogen (secondary N) is 1. The minimum atomic E-state index is 0.368. The van der Waals surface area contributed by atoms with E-state index in [4.69, 9.17) is 9.47 Å². The predicted octanol–water partition coefficient (Wildman–Crippen LogP) is 3.48. The number of benzene rings is 1. The van der Waals surface area contributed by atoms with Crippen LogP contribution in [0.25, 0.3) is 0 Å². The number of ether oxygens (including phenoxy) is 2. The second-order valence-corrected chi connectivity index (χ2v) is 6.33. The van der Waals surface area contributed by atoms with E-state index in [1.54, 1.807) is 0 Å². The predicted molar refractivity (Wildman–Crippen MR) is 86.6 cm³/mol. The molecular formula is C18H29NO2. The van der Waals surface area contributed by atoms with Crippen LogP contribution in [0, 0.1) is 0 Å². The van der Waals surface area contributed by atoms with Crippen LogP contribution in [0.4, 0.5) is 0 Å².